The molecular weight excluding hydrogens is 328 g/mol. The lowest BCUT2D eigenvalue weighted by Crippen LogP contribution is -2.14. The highest BCUT2D eigenvalue weighted by atomic mass is 16.5. The van der Waals surface area contributed by atoms with E-state index in [4.69, 9.17) is 20.9 Å². The van der Waals surface area contributed by atoms with Crippen LogP contribution in [-0.4, -0.2) is 36.1 Å². The van der Waals surface area contributed by atoms with Crippen LogP contribution >= 0.6 is 0 Å². The zero-order chi connectivity index (χ0) is 18.6. The monoisotopic (exact) mass is 346 g/mol. The van der Waals surface area contributed by atoms with Crippen molar-refractivity contribution in [2.45, 2.75) is 13.0 Å². The fraction of sp³-hybridized carbons (Fsp3) is 0.250. The van der Waals surface area contributed by atoms with E-state index < -0.39 is 18.0 Å². The van der Waals surface area contributed by atoms with Crippen LogP contribution in [0.5, 0.6) is 5.75 Å². The SMILES string of the molecule is COC(=O)c1ccc(C(C)OC(=O)c2cnc(N)nc2N)c(OC)c1. The summed E-state index contributed by atoms with van der Waals surface area (Å²) in [6.07, 6.45) is 0.524. The van der Waals surface area contributed by atoms with Gasteiger partial charge >= 0.3 is 11.9 Å². The van der Waals surface area contributed by atoms with Gasteiger partial charge in [0.05, 0.1) is 19.8 Å². The smallest absolute Gasteiger partial charge is 0.344 e. The lowest BCUT2D eigenvalue weighted by molar-refractivity contribution is 0.0333. The second-order valence-electron chi connectivity index (χ2n) is 5.02. The molecule has 0 aliphatic carbocycles. The minimum atomic E-state index is -0.705. The molecule has 2 aromatic rings. The maximum atomic E-state index is 12.2. The molecule has 0 amide bonds. The third-order valence-corrected chi connectivity index (χ3v) is 3.43. The van der Waals surface area contributed by atoms with E-state index in [0.717, 1.165) is 0 Å². The fourth-order valence-corrected chi connectivity index (χ4v) is 2.15. The lowest BCUT2D eigenvalue weighted by atomic mass is 10.1. The standard InChI is InChI=1S/C16H18N4O5/c1-8(25-15(22)11-7-19-16(18)20-13(11)17)10-5-4-9(14(21)24-3)6-12(10)23-2/h4-8H,1-3H3,(H4,17,18,19,20). The Labute approximate surface area is 143 Å². The van der Waals surface area contributed by atoms with E-state index in [9.17, 15) is 9.59 Å². The number of aromatic nitrogens is 2. The van der Waals surface area contributed by atoms with Gasteiger partial charge in [-0.1, -0.05) is 6.07 Å². The minimum Gasteiger partial charge on any atom is -0.496 e. The van der Waals surface area contributed by atoms with E-state index in [1.54, 1.807) is 19.1 Å². The average Bonchev–Trinajstić information content (AvgIpc) is 2.60. The molecule has 1 atom stereocenters. The first kappa shape index (κ1) is 18.0. The molecule has 9 nitrogen and oxygen atoms in total. The summed E-state index contributed by atoms with van der Waals surface area (Å²) in [4.78, 5) is 31.3. The first-order valence-corrected chi connectivity index (χ1v) is 7.22. The largest absolute Gasteiger partial charge is 0.496 e. The molecule has 1 heterocycles. The second kappa shape index (κ2) is 7.47. The van der Waals surface area contributed by atoms with Gasteiger partial charge in [-0.15, -0.1) is 0 Å². The summed E-state index contributed by atoms with van der Waals surface area (Å²) in [6.45, 7) is 1.65. The molecule has 1 unspecified atom stereocenters. The number of nitrogen functional groups attached to an aromatic ring is 2. The zero-order valence-corrected chi connectivity index (χ0v) is 14.0. The third kappa shape index (κ3) is 3.94. The summed E-state index contributed by atoms with van der Waals surface area (Å²) in [6, 6.07) is 4.67. The van der Waals surface area contributed by atoms with Crippen molar-refractivity contribution < 1.29 is 23.8 Å². The molecule has 1 aromatic heterocycles. The fourth-order valence-electron chi connectivity index (χ4n) is 2.15. The highest BCUT2D eigenvalue weighted by Crippen LogP contribution is 2.29. The summed E-state index contributed by atoms with van der Waals surface area (Å²) < 4.78 is 15.3. The van der Waals surface area contributed by atoms with Gasteiger partial charge in [-0.2, -0.15) is 4.98 Å². The van der Waals surface area contributed by atoms with E-state index >= 15 is 0 Å². The Morgan fingerprint density at radius 1 is 1.16 bits per heavy atom. The van der Waals surface area contributed by atoms with Crippen molar-refractivity contribution >= 4 is 23.7 Å². The molecule has 0 bridgehead atoms. The number of nitrogens with zero attached hydrogens (tertiary/aromatic N) is 2. The van der Waals surface area contributed by atoms with Gasteiger partial charge in [-0.25, -0.2) is 14.6 Å². The molecule has 0 fully saturated rings. The number of hydrogen-bond acceptors (Lipinski definition) is 9. The van der Waals surface area contributed by atoms with Gasteiger partial charge in [0.1, 0.15) is 23.2 Å². The van der Waals surface area contributed by atoms with Crippen LogP contribution in [0.4, 0.5) is 11.8 Å². The van der Waals surface area contributed by atoms with Gasteiger partial charge < -0.3 is 25.7 Å². The molecule has 0 saturated heterocycles. The summed E-state index contributed by atoms with van der Waals surface area (Å²) in [5.74, 6) is -0.935. The normalized spacial score (nSPS) is 11.5. The molecule has 0 saturated carbocycles. The first-order valence-electron chi connectivity index (χ1n) is 7.22. The number of ether oxygens (including phenoxy) is 3. The molecule has 4 N–H and O–H groups in total. The molecule has 25 heavy (non-hydrogen) atoms. The Morgan fingerprint density at radius 2 is 1.88 bits per heavy atom. The zero-order valence-electron chi connectivity index (χ0n) is 14.0. The number of carbonyl (C=O) groups is 2. The Bertz CT molecular complexity index is 809. The third-order valence-electron chi connectivity index (χ3n) is 3.43. The number of benzene rings is 1. The van der Waals surface area contributed by atoms with Crippen molar-refractivity contribution in [2.24, 2.45) is 0 Å². The van der Waals surface area contributed by atoms with E-state index in [1.165, 1.54) is 26.5 Å². The number of anilines is 2. The van der Waals surface area contributed by atoms with Crippen LogP contribution in [0, 0.1) is 0 Å². The molecule has 9 heteroatoms. The summed E-state index contributed by atoms with van der Waals surface area (Å²) in [5.41, 5.74) is 11.9. The highest BCUT2D eigenvalue weighted by Gasteiger charge is 2.21. The minimum absolute atomic E-state index is 0.00574. The summed E-state index contributed by atoms with van der Waals surface area (Å²) >= 11 is 0. The number of rotatable bonds is 5. The Hall–Kier alpha value is -3.36. The topological polar surface area (TPSA) is 140 Å². The van der Waals surface area contributed by atoms with Crippen LogP contribution in [0.3, 0.4) is 0 Å². The molecular formula is C16H18N4O5. The van der Waals surface area contributed by atoms with Gasteiger partial charge in [0, 0.05) is 11.8 Å². The van der Waals surface area contributed by atoms with Gasteiger partial charge in [0.25, 0.3) is 0 Å². The van der Waals surface area contributed by atoms with E-state index in [0.29, 0.717) is 16.9 Å². The predicted octanol–water partition coefficient (Wildman–Crippen LogP) is 1.35. The first-order chi connectivity index (χ1) is 11.9. The van der Waals surface area contributed by atoms with Crippen molar-refractivity contribution in [3.05, 3.63) is 41.1 Å². The quantitative estimate of drug-likeness (QED) is 0.768. The Balaban J connectivity index is 2.23. The molecule has 0 aliphatic rings. The van der Waals surface area contributed by atoms with Crippen LogP contribution < -0.4 is 16.2 Å². The molecule has 1 aromatic carbocycles. The van der Waals surface area contributed by atoms with E-state index in [1.807, 2.05) is 0 Å². The van der Waals surface area contributed by atoms with Gasteiger partial charge in [0.15, 0.2) is 0 Å². The van der Waals surface area contributed by atoms with E-state index in [2.05, 4.69) is 14.7 Å². The van der Waals surface area contributed by atoms with Gasteiger partial charge in [0.2, 0.25) is 5.95 Å². The average molecular weight is 346 g/mol. The Morgan fingerprint density at radius 3 is 2.48 bits per heavy atom. The number of carbonyl (C=O) groups excluding carboxylic acids is 2. The summed E-state index contributed by atoms with van der Waals surface area (Å²) in [7, 11) is 2.73. The number of hydrogen-bond donors (Lipinski definition) is 2. The number of methoxy groups -OCH3 is 2. The van der Waals surface area contributed by atoms with Crippen LogP contribution in [0.1, 0.15) is 39.3 Å². The maximum absolute atomic E-state index is 12.2. The van der Waals surface area contributed by atoms with Crippen LogP contribution in [0.25, 0.3) is 0 Å². The molecule has 2 rings (SSSR count). The molecule has 132 valence electrons. The Kier molecular flexibility index (Phi) is 5.38. The van der Waals surface area contributed by atoms with Crippen LogP contribution in [0.15, 0.2) is 24.4 Å². The molecule has 0 aliphatic heterocycles. The molecule has 0 spiro atoms. The lowest BCUT2D eigenvalue weighted by Gasteiger charge is -2.17. The molecule has 0 radical (unpaired) electrons. The summed E-state index contributed by atoms with van der Waals surface area (Å²) in [5, 5.41) is 0. The van der Waals surface area contributed by atoms with Crippen LogP contribution in [-0.2, 0) is 9.47 Å². The van der Waals surface area contributed by atoms with Crippen molar-refractivity contribution in [1.82, 2.24) is 9.97 Å². The van der Waals surface area contributed by atoms with Crippen molar-refractivity contribution in [1.29, 1.82) is 0 Å². The maximum Gasteiger partial charge on any atom is 0.344 e. The van der Waals surface area contributed by atoms with Gasteiger partial charge in [-0.3, -0.25) is 0 Å². The van der Waals surface area contributed by atoms with Gasteiger partial charge in [-0.05, 0) is 19.1 Å². The number of nitrogens with two attached hydrogens (primary N) is 2. The van der Waals surface area contributed by atoms with Crippen molar-refractivity contribution in [3.63, 3.8) is 0 Å². The predicted molar refractivity (Wildman–Crippen MR) is 89.0 cm³/mol. The number of esters is 2. The van der Waals surface area contributed by atoms with Crippen molar-refractivity contribution in [3.8, 4) is 5.75 Å². The van der Waals surface area contributed by atoms with Crippen LogP contribution in [0.2, 0.25) is 0 Å². The van der Waals surface area contributed by atoms with Crippen molar-refractivity contribution in [2.75, 3.05) is 25.7 Å². The van der Waals surface area contributed by atoms with E-state index in [-0.39, 0.29) is 17.3 Å². The highest BCUT2D eigenvalue weighted by molar-refractivity contribution is 5.94. The second-order valence-corrected chi connectivity index (χ2v) is 5.02.